The molecule has 100 valence electrons. The Morgan fingerprint density at radius 1 is 1.47 bits per heavy atom. The largest absolute Gasteiger partial charge is 0.353 e. The molecule has 0 spiro atoms. The van der Waals surface area contributed by atoms with Crippen LogP contribution in [-0.4, -0.2) is 45.0 Å². The number of piperidine rings is 1. The molecule has 1 saturated heterocycles. The fourth-order valence-electron chi connectivity index (χ4n) is 2.15. The van der Waals surface area contributed by atoms with E-state index in [0.29, 0.717) is 6.42 Å². The molecule has 6 heteroatoms. The number of hydrogen-bond acceptors (Lipinski definition) is 4. The van der Waals surface area contributed by atoms with Gasteiger partial charge in [-0.1, -0.05) is 6.42 Å². The number of sulfone groups is 1. The number of carbonyl (C=O) groups excluding carboxylic acids is 1. The molecule has 1 rings (SSSR count). The Balaban J connectivity index is 2.28. The van der Waals surface area contributed by atoms with Gasteiger partial charge in [-0.3, -0.25) is 4.79 Å². The predicted octanol–water partition coefficient (Wildman–Crippen LogP) is 0.0679. The lowest BCUT2D eigenvalue weighted by Gasteiger charge is -2.23. The quantitative estimate of drug-likeness (QED) is 0.735. The standard InChI is InChI=1S/C11H22N2O3S/c1-9(8-17(2,15)16)13-11(14)7-10-5-3-4-6-12-10/h9-10,12H,3-8H2,1-2H3,(H,13,14). The lowest BCUT2D eigenvalue weighted by atomic mass is 10.0. The average Bonchev–Trinajstić information content (AvgIpc) is 2.15. The third kappa shape index (κ3) is 6.63. The zero-order valence-corrected chi connectivity index (χ0v) is 11.3. The number of nitrogens with one attached hydrogen (secondary N) is 2. The molecular weight excluding hydrogens is 240 g/mol. The van der Waals surface area contributed by atoms with Gasteiger partial charge in [-0.25, -0.2) is 8.42 Å². The molecule has 1 heterocycles. The normalized spacial score (nSPS) is 23.1. The summed E-state index contributed by atoms with van der Waals surface area (Å²) in [6.07, 6.45) is 4.97. The molecule has 0 saturated carbocycles. The second-order valence-corrected chi connectivity index (χ2v) is 7.10. The van der Waals surface area contributed by atoms with Crippen molar-refractivity contribution in [2.75, 3.05) is 18.6 Å². The minimum atomic E-state index is -3.03. The van der Waals surface area contributed by atoms with Crippen LogP contribution < -0.4 is 10.6 Å². The van der Waals surface area contributed by atoms with Gasteiger partial charge in [0.15, 0.2) is 0 Å². The van der Waals surface area contributed by atoms with Gasteiger partial charge in [0, 0.05) is 24.8 Å². The van der Waals surface area contributed by atoms with Crippen molar-refractivity contribution < 1.29 is 13.2 Å². The molecule has 2 unspecified atom stereocenters. The van der Waals surface area contributed by atoms with E-state index in [9.17, 15) is 13.2 Å². The van der Waals surface area contributed by atoms with E-state index in [1.165, 1.54) is 12.7 Å². The highest BCUT2D eigenvalue weighted by atomic mass is 32.2. The molecule has 2 N–H and O–H groups in total. The van der Waals surface area contributed by atoms with E-state index >= 15 is 0 Å². The summed E-state index contributed by atoms with van der Waals surface area (Å²) in [6.45, 7) is 2.68. The van der Waals surface area contributed by atoms with Crippen LogP contribution in [0.1, 0.15) is 32.6 Å². The van der Waals surface area contributed by atoms with Gasteiger partial charge < -0.3 is 10.6 Å². The van der Waals surface area contributed by atoms with Crippen LogP contribution in [0.15, 0.2) is 0 Å². The first kappa shape index (κ1) is 14.4. The van der Waals surface area contributed by atoms with E-state index in [1.807, 2.05) is 0 Å². The summed E-state index contributed by atoms with van der Waals surface area (Å²) in [7, 11) is -3.03. The summed E-state index contributed by atoms with van der Waals surface area (Å²) in [5.41, 5.74) is 0. The monoisotopic (exact) mass is 262 g/mol. The van der Waals surface area contributed by atoms with E-state index in [-0.39, 0.29) is 23.7 Å². The van der Waals surface area contributed by atoms with Crippen LogP contribution in [-0.2, 0) is 14.6 Å². The molecule has 0 aromatic rings. The maximum absolute atomic E-state index is 11.7. The second kappa shape index (κ2) is 6.35. The van der Waals surface area contributed by atoms with Gasteiger partial charge in [-0.15, -0.1) is 0 Å². The summed E-state index contributed by atoms with van der Waals surface area (Å²) >= 11 is 0. The van der Waals surface area contributed by atoms with Crippen molar-refractivity contribution in [3.05, 3.63) is 0 Å². The maximum Gasteiger partial charge on any atom is 0.221 e. The van der Waals surface area contributed by atoms with Crippen molar-refractivity contribution in [1.29, 1.82) is 0 Å². The van der Waals surface area contributed by atoms with Gasteiger partial charge in [0.2, 0.25) is 5.91 Å². The molecule has 2 atom stereocenters. The molecule has 1 aliphatic heterocycles. The van der Waals surface area contributed by atoms with E-state index < -0.39 is 9.84 Å². The topological polar surface area (TPSA) is 75.3 Å². The number of amides is 1. The van der Waals surface area contributed by atoms with Crippen LogP contribution in [0.3, 0.4) is 0 Å². The first-order valence-electron chi connectivity index (χ1n) is 6.07. The highest BCUT2D eigenvalue weighted by molar-refractivity contribution is 7.90. The van der Waals surface area contributed by atoms with Gasteiger partial charge in [0.1, 0.15) is 9.84 Å². The molecule has 0 bridgehead atoms. The number of hydrogen-bond donors (Lipinski definition) is 2. The Morgan fingerprint density at radius 3 is 2.71 bits per heavy atom. The first-order chi connectivity index (χ1) is 7.87. The SMILES string of the molecule is CC(CS(C)(=O)=O)NC(=O)CC1CCCCN1. The van der Waals surface area contributed by atoms with Gasteiger partial charge in [0.05, 0.1) is 5.75 Å². The Labute approximate surface area is 103 Å². The second-order valence-electron chi connectivity index (χ2n) is 4.91. The Bertz CT molecular complexity index is 348. The molecule has 1 amide bonds. The highest BCUT2D eigenvalue weighted by Gasteiger charge is 2.18. The third-order valence-corrected chi connectivity index (χ3v) is 3.91. The summed E-state index contributed by atoms with van der Waals surface area (Å²) < 4.78 is 22.1. The van der Waals surface area contributed by atoms with Gasteiger partial charge >= 0.3 is 0 Å². The van der Waals surface area contributed by atoms with Crippen LogP contribution in [0.25, 0.3) is 0 Å². The Morgan fingerprint density at radius 2 is 2.18 bits per heavy atom. The minimum absolute atomic E-state index is 0.00314. The molecule has 17 heavy (non-hydrogen) atoms. The zero-order valence-electron chi connectivity index (χ0n) is 10.5. The summed E-state index contributed by atoms with van der Waals surface area (Å²) in [5.74, 6) is -0.0721. The van der Waals surface area contributed by atoms with E-state index in [4.69, 9.17) is 0 Å². The molecule has 0 aromatic heterocycles. The minimum Gasteiger partial charge on any atom is -0.353 e. The van der Waals surface area contributed by atoms with Gasteiger partial charge in [-0.2, -0.15) is 0 Å². The van der Waals surface area contributed by atoms with Crippen LogP contribution in [0.2, 0.25) is 0 Å². The van der Waals surface area contributed by atoms with Crippen LogP contribution >= 0.6 is 0 Å². The fraction of sp³-hybridized carbons (Fsp3) is 0.909. The summed E-state index contributed by atoms with van der Waals surface area (Å²) in [5, 5.41) is 6.02. The molecule has 1 aliphatic rings. The lowest BCUT2D eigenvalue weighted by Crippen LogP contribution is -2.42. The molecule has 1 fully saturated rings. The molecule has 0 aliphatic carbocycles. The zero-order chi connectivity index (χ0) is 12.9. The number of carbonyl (C=O) groups is 1. The van der Waals surface area contributed by atoms with E-state index in [0.717, 1.165) is 19.4 Å². The van der Waals surface area contributed by atoms with Crippen molar-refractivity contribution in [3.8, 4) is 0 Å². The number of rotatable bonds is 5. The van der Waals surface area contributed by atoms with Crippen molar-refractivity contribution in [3.63, 3.8) is 0 Å². The maximum atomic E-state index is 11.7. The van der Waals surface area contributed by atoms with Crippen molar-refractivity contribution in [2.24, 2.45) is 0 Å². The molecule has 0 radical (unpaired) electrons. The summed E-state index contributed by atoms with van der Waals surface area (Å²) in [4.78, 5) is 11.7. The van der Waals surface area contributed by atoms with Crippen LogP contribution in [0.5, 0.6) is 0 Å². The fourth-order valence-corrected chi connectivity index (χ4v) is 3.14. The average molecular weight is 262 g/mol. The molecule has 5 nitrogen and oxygen atoms in total. The highest BCUT2D eigenvalue weighted by Crippen LogP contribution is 2.09. The van der Waals surface area contributed by atoms with Crippen molar-refractivity contribution >= 4 is 15.7 Å². The van der Waals surface area contributed by atoms with Gasteiger partial charge in [0.25, 0.3) is 0 Å². The smallest absolute Gasteiger partial charge is 0.221 e. The molecule has 0 aromatic carbocycles. The third-order valence-electron chi connectivity index (χ3n) is 2.80. The van der Waals surface area contributed by atoms with Crippen molar-refractivity contribution in [1.82, 2.24) is 10.6 Å². The predicted molar refractivity (Wildman–Crippen MR) is 67.6 cm³/mol. The molecular formula is C11H22N2O3S. The van der Waals surface area contributed by atoms with Crippen LogP contribution in [0, 0.1) is 0 Å². The van der Waals surface area contributed by atoms with E-state index in [2.05, 4.69) is 10.6 Å². The van der Waals surface area contributed by atoms with Crippen molar-refractivity contribution in [2.45, 2.75) is 44.7 Å². The first-order valence-corrected chi connectivity index (χ1v) is 8.13. The summed E-state index contributed by atoms with van der Waals surface area (Å²) in [6, 6.07) is -0.0738. The van der Waals surface area contributed by atoms with E-state index in [1.54, 1.807) is 6.92 Å². The lowest BCUT2D eigenvalue weighted by molar-refractivity contribution is -0.122. The Hall–Kier alpha value is -0.620. The van der Waals surface area contributed by atoms with Crippen LogP contribution in [0.4, 0.5) is 0 Å². The Kier molecular flexibility index (Phi) is 5.39. The van der Waals surface area contributed by atoms with Gasteiger partial charge in [-0.05, 0) is 26.3 Å².